The maximum Gasteiger partial charge on any atom is 0.140 e. The summed E-state index contributed by atoms with van der Waals surface area (Å²) in [5, 5.41) is 8.96. The van der Waals surface area contributed by atoms with Crippen molar-refractivity contribution in [1.29, 1.82) is 5.26 Å². The molecule has 1 unspecified atom stereocenters. The van der Waals surface area contributed by atoms with Crippen molar-refractivity contribution in [3.05, 3.63) is 59.9 Å². The first-order chi connectivity index (χ1) is 9.04. The Morgan fingerprint density at radius 3 is 2.47 bits per heavy atom. The van der Waals surface area contributed by atoms with Crippen molar-refractivity contribution < 1.29 is 8.60 Å². The first-order valence-electron chi connectivity index (χ1n) is 5.50. The molecule has 2 rings (SSSR count). The second-order valence-electron chi connectivity index (χ2n) is 3.95. The average molecular weight is 274 g/mol. The largest absolute Gasteiger partial charge is 0.245 e. The highest BCUT2D eigenvalue weighted by molar-refractivity contribution is 7.93. The highest BCUT2D eigenvalue weighted by atomic mass is 32.2. The Kier molecular flexibility index (Phi) is 3.63. The van der Waals surface area contributed by atoms with Gasteiger partial charge in [-0.1, -0.05) is 24.3 Å². The molecule has 96 valence electrons. The summed E-state index contributed by atoms with van der Waals surface area (Å²) >= 11 is 0. The summed E-state index contributed by atoms with van der Waals surface area (Å²) in [4.78, 5) is 0.0442. The van der Waals surface area contributed by atoms with Gasteiger partial charge in [0.2, 0.25) is 0 Å². The lowest BCUT2D eigenvalue weighted by Crippen LogP contribution is -2.00. The van der Waals surface area contributed by atoms with Crippen molar-refractivity contribution in [2.75, 3.05) is 6.26 Å². The number of hydrogen-bond donors (Lipinski definition) is 0. The summed E-state index contributed by atoms with van der Waals surface area (Å²) in [6.07, 6.45) is 1.36. The van der Waals surface area contributed by atoms with E-state index in [4.69, 9.17) is 5.26 Å². The van der Waals surface area contributed by atoms with Crippen LogP contribution in [0.1, 0.15) is 5.56 Å². The van der Waals surface area contributed by atoms with Crippen LogP contribution in [0.4, 0.5) is 10.1 Å². The molecule has 0 aromatic heterocycles. The fourth-order valence-electron chi connectivity index (χ4n) is 1.64. The van der Waals surface area contributed by atoms with Crippen LogP contribution < -0.4 is 0 Å². The van der Waals surface area contributed by atoms with E-state index in [2.05, 4.69) is 4.36 Å². The van der Waals surface area contributed by atoms with Gasteiger partial charge in [0.15, 0.2) is 0 Å². The maximum atomic E-state index is 13.7. The summed E-state index contributed by atoms with van der Waals surface area (Å²) in [7, 11) is -2.93. The topological polar surface area (TPSA) is 53.2 Å². The van der Waals surface area contributed by atoms with E-state index in [9.17, 15) is 8.60 Å². The van der Waals surface area contributed by atoms with Gasteiger partial charge in [0, 0.05) is 6.26 Å². The number of rotatable bonds is 2. The standard InChI is InChI=1S/C14H11FN2OS/c1-19(18,14-9-5-3-7-12(14)15)17-13-8-4-2-6-11(13)10-16/h2-9H,1H3. The normalized spacial score (nSPS) is 13.3. The minimum Gasteiger partial charge on any atom is -0.245 e. The van der Waals surface area contributed by atoms with E-state index in [1.807, 2.05) is 6.07 Å². The van der Waals surface area contributed by atoms with Crippen molar-refractivity contribution in [2.45, 2.75) is 4.90 Å². The molecule has 3 nitrogen and oxygen atoms in total. The Morgan fingerprint density at radius 1 is 1.16 bits per heavy atom. The third kappa shape index (κ3) is 2.80. The monoisotopic (exact) mass is 274 g/mol. The molecule has 0 bridgehead atoms. The van der Waals surface area contributed by atoms with Crippen LogP contribution in [0.2, 0.25) is 0 Å². The van der Waals surface area contributed by atoms with Gasteiger partial charge in [-0.15, -0.1) is 0 Å². The Labute approximate surface area is 111 Å². The van der Waals surface area contributed by atoms with Crippen LogP contribution >= 0.6 is 0 Å². The summed E-state index contributed by atoms with van der Waals surface area (Å²) in [6.45, 7) is 0. The van der Waals surface area contributed by atoms with Gasteiger partial charge in [0.05, 0.1) is 25.9 Å². The zero-order valence-electron chi connectivity index (χ0n) is 10.2. The highest BCUT2D eigenvalue weighted by Gasteiger charge is 2.12. The van der Waals surface area contributed by atoms with Crippen LogP contribution in [-0.2, 0) is 9.73 Å². The Morgan fingerprint density at radius 2 is 1.79 bits per heavy atom. The maximum absolute atomic E-state index is 13.7. The molecule has 0 aliphatic carbocycles. The first kappa shape index (κ1) is 13.2. The van der Waals surface area contributed by atoms with Crippen molar-refractivity contribution >= 4 is 15.4 Å². The third-order valence-electron chi connectivity index (χ3n) is 2.54. The molecular weight excluding hydrogens is 263 g/mol. The van der Waals surface area contributed by atoms with Gasteiger partial charge in [0.25, 0.3) is 0 Å². The van der Waals surface area contributed by atoms with E-state index in [1.165, 1.54) is 24.5 Å². The third-order valence-corrected chi connectivity index (χ3v) is 4.23. The molecule has 2 aromatic carbocycles. The lowest BCUT2D eigenvalue weighted by Gasteiger charge is -2.06. The molecule has 19 heavy (non-hydrogen) atoms. The molecule has 0 saturated heterocycles. The quantitative estimate of drug-likeness (QED) is 0.841. The van der Waals surface area contributed by atoms with Crippen molar-refractivity contribution in [3.63, 3.8) is 0 Å². The molecule has 5 heteroatoms. The van der Waals surface area contributed by atoms with Gasteiger partial charge in [-0.2, -0.15) is 9.62 Å². The van der Waals surface area contributed by atoms with Gasteiger partial charge in [0.1, 0.15) is 11.9 Å². The molecule has 2 aromatic rings. The fraction of sp³-hybridized carbons (Fsp3) is 0.0714. The molecule has 0 fully saturated rings. The number of nitrogens with zero attached hydrogens (tertiary/aromatic N) is 2. The SMILES string of the molecule is CS(=O)(=Nc1ccccc1C#N)c1ccccc1F. The lowest BCUT2D eigenvalue weighted by molar-refractivity contribution is 0.594. The van der Waals surface area contributed by atoms with Gasteiger partial charge in [-0.3, -0.25) is 0 Å². The molecule has 0 radical (unpaired) electrons. The predicted molar refractivity (Wildman–Crippen MR) is 72.0 cm³/mol. The minimum absolute atomic E-state index is 0.0442. The lowest BCUT2D eigenvalue weighted by atomic mass is 10.2. The average Bonchev–Trinajstić information content (AvgIpc) is 2.39. The van der Waals surface area contributed by atoms with E-state index in [0.717, 1.165) is 0 Å². The van der Waals surface area contributed by atoms with E-state index < -0.39 is 15.5 Å². The van der Waals surface area contributed by atoms with E-state index >= 15 is 0 Å². The molecule has 0 aliphatic heterocycles. The molecule has 1 atom stereocenters. The number of halogens is 1. The van der Waals surface area contributed by atoms with Gasteiger partial charge in [-0.05, 0) is 24.3 Å². The summed E-state index contributed by atoms with van der Waals surface area (Å²) in [5.41, 5.74) is 0.620. The van der Waals surface area contributed by atoms with Crippen molar-refractivity contribution in [1.82, 2.24) is 0 Å². The predicted octanol–water partition coefficient (Wildman–Crippen LogP) is 3.49. The van der Waals surface area contributed by atoms with E-state index in [0.29, 0.717) is 11.3 Å². The van der Waals surface area contributed by atoms with Crippen LogP contribution in [0.15, 0.2) is 57.8 Å². The first-order valence-corrected chi connectivity index (χ1v) is 7.43. The summed E-state index contributed by atoms with van der Waals surface area (Å²) in [5.74, 6) is -0.562. The zero-order chi connectivity index (χ0) is 13.9. The molecule has 0 amide bonds. The second kappa shape index (κ2) is 5.21. The Balaban J connectivity index is 2.63. The van der Waals surface area contributed by atoms with Gasteiger partial charge < -0.3 is 0 Å². The molecular formula is C14H11FN2OS. The molecule has 0 saturated carbocycles. The highest BCUT2D eigenvalue weighted by Crippen LogP contribution is 2.24. The van der Waals surface area contributed by atoms with Gasteiger partial charge >= 0.3 is 0 Å². The summed E-state index contributed by atoms with van der Waals surface area (Å²) < 4.78 is 30.3. The fourth-order valence-corrected chi connectivity index (χ4v) is 3.03. The van der Waals surface area contributed by atoms with E-state index in [-0.39, 0.29) is 4.90 Å². The van der Waals surface area contributed by atoms with Crippen LogP contribution in [-0.4, -0.2) is 10.5 Å². The Hall–Kier alpha value is -2.19. The smallest absolute Gasteiger partial charge is 0.140 e. The van der Waals surface area contributed by atoms with Gasteiger partial charge in [-0.25, -0.2) is 8.60 Å². The second-order valence-corrected chi connectivity index (χ2v) is 6.18. The van der Waals surface area contributed by atoms with Crippen LogP contribution in [0.25, 0.3) is 0 Å². The van der Waals surface area contributed by atoms with E-state index in [1.54, 1.807) is 30.3 Å². The van der Waals surface area contributed by atoms with Crippen LogP contribution in [0.5, 0.6) is 0 Å². The van der Waals surface area contributed by atoms with Crippen LogP contribution in [0, 0.1) is 17.1 Å². The minimum atomic E-state index is -2.93. The molecule has 0 aliphatic rings. The number of nitriles is 1. The Bertz CT molecular complexity index is 771. The number of benzene rings is 2. The summed E-state index contributed by atoms with van der Waals surface area (Å²) in [6, 6.07) is 14.3. The zero-order valence-corrected chi connectivity index (χ0v) is 11.0. The molecule has 0 spiro atoms. The van der Waals surface area contributed by atoms with Crippen molar-refractivity contribution in [2.24, 2.45) is 4.36 Å². The number of hydrogen-bond acceptors (Lipinski definition) is 3. The van der Waals surface area contributed by atoms with Crippen molar-refractivity contribution in [3.8, 4) is 6.07 Å². The van der Waals surface area contributed by atoms with Crippen LogP contribution in [0.3, 0.4) is 0 Å². The molecule has 0 N–H and O–H groups in total. The molecule has 0 heterocycles.